The van der Waals surface area contributed by atoms with E-state index in [4.69, 9.17) is 109 Å². The van der Waals surface area contributed by atoms with Crippen molar-refractivity contribution in [1.29, 1.82) is 0 Å². The van der Waals surface area contributed by atoms with Gasteiger partial charge in [0.1, 0.15) is 171 Å². The molecule has 15 saturated heterocycles. The van der Waals surface area contributed by atoms with Crippen molar-refractivity contribution < 1.29 is 175 Å². The number of nitrogens with zero attached hydrogens (tertiary/aromatic N) is 20. The van der Waals surface area contributed by atoms with Gasteiger partial charge in [-0.15, -0.1) is 30.6 Å². The van der Waals surface area contributed by atoms with E-state index < -0.39 is 243 Å². The molecule has 15 aliphatic rings. The minimum absolute atomic E-state index is 0.110. The van der Waals surface area contributed by atoms with Crippen LogP contribution in [0.25, 0.3) is 0 Å². The normalized spacial score (nSPS) is 41.1. The maximum absolute atomic E-state index is 10.3. The molecule has 35 atom stereocenters. The first-order valence-electron chi connectivity index (χ1n) is 46.9. The summed E-state index contributed by atoms with van der Waals surface area (Å²) in [7, 11) is 0. The number of aliphatic hydroxyl groups excluding tert-OH is 13. The molecular weight excluding hydrogens is 1870 g/mol. The van der Waals surface area contributed by atoms with Crippen LogP contribution in [0.1, 0.15) is 145 Å². The maximum atomic E-state index is 10.3. The summed E-state index contributed by atoms with van der Waals surface area (Å²) in [6.07, 6.45) is -21.8. The van der Waals surface area contributed by atoms with Crippen molar-refractivity contribution >= 4 is 0 Å². The minimum Gasteiger partial charge on any atom is -0.394 e. The second-order valence-corrected chi connectivity index (χ2v) is 41.5. The summed E-state index contributed by atoms with van der Waals surface area (Å²) >= 11 is 0. The summed E-state index contributed by atoms with van der Waals surface area (Å²) < 4.78 is 148. The molecule has 140 heavy (non-hydrogen) atoms. The number of fused-ring (bicyclic) bond motifs is 12. The Balaban J connectivity index is 0.000000156. The van der Waals surface area contributed by atoms with Crippen molar-refractivity contribution in [2.24, 2.45) is 0 Å². The van der Waals surface area contributed by atoms with Crippen LogP contribution in [-0.4, -0.2) is 434 Å². The van der Waals surface area contributed by atoms with Gasteiger partial charge in [-0.2, -0.15) is 0 Å². The van der Waals surface area contributed by atoms with E-state index in [1.165, 1.54) is 32.6 Å². The minimum atomic E-state index is -1.73. The first-order valence-corrected chi connectivity index (χ1v) is 46.9. The zero-order valence-corrected chi connectivity index (χ0v) is 80.0. The lowest BCUT2D eigenvalue weighted by atomic mass is 9.99. The van der Waals surface area contributed by atoms with E-state index in [1.807, 2.05) is 129 Å². The van der Waals surface area contributed by atoms with E-state index in [2.05, 4.69) is 66.8 Å². The molecule has 17 unspecified atom stereocenters. The molecule has 21 heterocycles. The van der Waals surface area contributed by atoms with Gasteiger partial charge in [0.25, 0.3) is 0 Å². The first kappa shape index (κ1) is 102. The maximum Gasteiger partial charge on any atom is 0.190 e. The van der Waals surface area contributed by atoms with Crippen molar-refractivity contribution in [2.45, 2.75) is 451 Å². The molecule has 13 N–H and O–H groups in total. The molecule has 780 valence electrons. The van der Waals surface area contributed by atoms with Gasteiger partial charge < -0.3 is 175 Å². The van der Waals surface area contributed by atoms with Crippen LogP contribution >= 0.6 is 0 Å². The largest absolute Gasteiger partial charge is 0.394 e. The van der Waals surface area contributed by atoms with E-state index in [0.717, 1.165) is 0 Å². The van der Waals surface area contributed by atoms with Gasteiger partial charge in [0, 0.05) is 76.4 Å². The van der Waals surface area contributed by atoms with E-state index in [0.29, 0.717) is 73.4 Å². The van der Waals surface area contributed by atoms with E-state index >= 15 is 0 Å². The highest BCUT2D eigenvalue weighted by molar-refractivity contribution is 5.10. The van der Waals surface area contributed by atoms with Gasteiger partial charge in [-0.1, -0.05) is 31.3 Å². The Morgan fingerprint density at radius 1 is 0.221 bits per heavy atom. The lowest BCUT2D eigenvalue weighted by Gasteiger charge is -2.38. The number of aromatic nitrogens is 18. The summed E-state index contributed by atoms with van der Waals surface area (Å²) in [4.78, 5) is 3.95. The average molecular weight is 1990 g/mol. The van der Waals surface area contributed by atoms with Gasteiger partial charge in [0.05, 0.1) is 80.0 Å². The fraction of sp³-hybridized carbons (Fsp3) is 0.857. The molecule has 0 bridgehead atoms. The standard InChI is InChI=1S/C45H66N10O15.C27H42N10O15.C12H20O6/c1-40(2)59-28-25(56-37-34(31(28)62-40)65-43(7,8)68-37)19-53-16-22(46-49-53)13-52(14-23-17-54(50-47-23)20-26-29-32(63-41(3,4)60-29)35-38(57-26)69-44(9,10)66-35)15-24-18-55(51-48-24)21-27-30-33(64-42(5,6)61-30)36-39(58-27)70-45(11,12)67-36;38-16-13(50-25(47)22(44)19(16)41)7-35-4-10(28-31-35)1-34(2-11-5-36(32-29-11)8-14-17(39)20(42)23(45)26(48)51-14)3-12-6-37(33-30-12)9-15-18(40)21(43)24(46)27(49)52-15;1-11(2)15-7-6(5-13)14-10-9(8(7)16-11)17-12(3,4)18-10/h16-18,25-39H,13-15,19-21H2,1-12H3;4-6,13-27,38-49H,1-3,7-9H2;6-10,13H,5H2,1-4H3/t25?,26?,27?,28-,29-,30-,31-,32-,33-,34?,35?,36?,37+,38+,39+;13?,14?,15?,16-,17-,18-,19-,20-,21-,22?,23?,24?,25?,26?,27?;6?,7-,8-,9?,10+/m000/s1. The third kappa shape index (κ3) is 22.1. The summed E-state index contributed by atoms with van der Waals surface area (Å²) in [6, 6.07) is 0. The monoisotopic (exact) mass is 1990 g/mol. The lowest BCUT2D eigenvalue weighted by Crippen LogP contribution is -2.58. The quantitative estimate of drug-likeness (QED) is 0.0253. The van der Waals surface area contributed by atoms with Crippen LogP contribution in [0.5, 0.6) is 0 Å². The van der Waals surface area contributed by atoms with Gasteiger partial charge in [-0.25, -0.2) is 28.1 Å². The number of hydrogen-bond donors (Lipinski definition) is 13. The van der Waals surface area contributed by atoms with Crippen LogP contribution in [0, 0.1) is 0 Å². The topological polar surface area (TPSA) is 666 Å². The van der Waals surface area contributed by atoms with Gasteiger partial charge in [0.2, 0.25) is 0 Å². The number of aliphatic hydroxyl groups is 13. The van der Waals surface area contributed by atoms with Crippen LogP contribution in [0.15, 0.2) is 37.2 Å². The predicted molar refractivity (Wildman–Crippen MR) is 450 cm³/mol. The molecule has 6 aromatic heterocycles. The lowest BCUT2D eigenvalue weighted by molar-refractivity contribution is -0.284. The molecular formula is C84H128N20O36. The molecule has 0 saturated carbocycles. The van der Waals surface area contributed by atoms with Crippen molar-refractivity contribution in [3.05, 3.63) is 71.3 Å². The van der Waals surface area contributed by atoms with Gasteiger partial charge >= 0.3 is 0 Å². The molecule has 0 spiro atoms. The van der Waals surface area contributed by atoms with Crippen molar-refractivity contribution in [3.8, 4) is 0 Å². The fourth-order valence-corrected chi connectivity index (χ4v) is 20.4. The molecule has 0 radical (unpaired) electrons. The summed E-state index contributed by atoms with van der Waals surface area (Å²) in [5.41, 5.74) is 3.33. The third-order valence-electron chi connectivity index (χ3n) is 26.3. The first-order chi connectivity index (χ1) is 65.9. The zero-order chi connectivity index (χ0) is 99.5. The highest BCUT2D eigenvalue weighted by atomic mass is 16.9. The van der Waals surface area contributed by atoms with E-state index in [-0.39, 0.29) is 64.2 Å². The van der Waals surface area contributed by atoms with E-state index in [9.17, 15) is 66.4 Å². The summed E-state index contributed by atoms with van der Waals surface area (Å²) in [5, 5.41) is 181. The number of hydrogen-bond acceptors (Lipinski definition) is 50. The highest BCUT2D eigenvalue weighted by Crippen LogP contribution is 2.50. The average Bonchev–Trinajstić information content (AvgIpc) is 1.60. The third-order valence-corrected chi connectivity index (χ3v) is 26.3. The Hall–Kier alpha value is -6.68. The van der Waals surface area contributed by atoms with Crippen LogP contribution < -0.4 is 0 Å². The zero-order valence-electron chi connectivity index (χ0n) is 80.0. The van der Waals surface area contributed by atoms with Gasteiger partial charge in [-0.3, -0.25) is 9.80 Å². The van der Waals surface area contributed by atoms with Crippen LogP contribution in [-0.2, 0) is 187 Å². The molecule has 15 fully saturated rings. The Labute approximate surface area is 800 Å². The van der Waals surface area contributed by atoms with Crippen LogP contribution in [0.2, 0.25) is 0 Å². The molecule has 6 aromatic rings. The molecule has 56 heteroatoms. The smallest absolute Gasteiger partial charge is 0.190 e. The van der Waals surface area contributed by atoms with Crippen LogP contribution in [0.4, 0.5) is 0 Å². The molecule has 15 aliphatic heterocycles. The summed E-state index contributed by atoms with van der Waals surface area (Å²) in [5.74, 6) is -6.40. The molecule has 0 aliphatic carbocycles. The molecule has 0 aromatic carbocycles. The van der Waals surface area contributed by atoms with Crippen LogP contribution in [0.3, 0.4) is 0 Å². The Bertz CT molecular complexity index is 4760. The molecule has 0 amide bonds. The molecule has 56 nitrogen and oxygen atoms in total. The molecule has 21 rings (SSSR count). The Morgan fingerprint density at radius 3 is 0.614 bits per heavy atom. The second kappa shape index (κ2) is 38.9. The van der Waals surface area contributed by atoms with Gasteiger partial charge in [0.15, 0.2) is 90.3 Å². The fourth-order valence-electron chi connectivity index (χ4n) is 20.4. The van der Waals surface area contributed by atoms with Crippen molar-refractivity contribution in [1.82, 2.24) is 99.8 Å². The Morgan fingerprint density at radius 2 is 0.400 bits per heavy atom. The number of ether oxygens (including phenoxy) is 23. The Kier molecular flexibility index (Phi) is 28.3. The van der Waals surface area contributed by atoms with Gasteiger partial charge in [-0.05, 0) is 111 Å². The predicted octanol–water partition coefficient (Wildman–Crippen LogP) is -6.71. The number of rotatable bonds is 25. The van der Waals surface area contributed by atoms with Crippen molar-refractivity contribution in [2.75, 3.05) is 6.61 Å². The van der Waals surface area contributed by atoms with Crippen molar-refractivity contribution in [3.63, 3.8) is 0 Å². The van der Waals surface area contributed by atoms with E-state index in [1.54, 1.807) is 18.9 Å². The highest BCUT2D eigenvalue weighted by Gasteiger charge is 2.66. The second-order valence-electron chi connectivity index (χ2n) is 41.5. The summed E-state index contributed by atoms with van der Waals surface area (Å²) in [6.45, 7) is 31.8. The SMILES string of the molecule is CC1(C)OC2[C@H](OC(CO)[C@@H]3OC(C)(C)O[C@H]23)O1.CC1(C)OC2[C@H](OC(Cn3cc(CN(Cc4cn(CC5O[C@@H]6OC(C)(C)OC6[C@H]6OC(C)(C)O[C@@H]56)nn4)Cc4cn(CC5O[C@@H]6OC(C)(C)OC6[C@H]6OC(C)(C)O[C@@H]56)nn4)nn3)[C@@H]3OC(C)(C)O[C@H]23)O1.OC1OC(Cn2cc(CN(Cc3cn(CC4OC(O)C(O)[C@@H](O)[C@H]4O)nn3)Cc3cn(CC4OC(O)C(O)[C@@H](O)[C@H]4O)nn3)nn2)[C@H](O)[C@H](O)C1O.